The summed E-state index contributed by atoms with van der Waals surface area (Å²) in [7, 11) is -4.47. The molecule has 0 bridgehead atoms. The van der Waals surface area contributed by atoms with Crippen LogP contribution in [0.25, 0.3) is 10.8 Å². The van der Waals surface area contributed by atoms with Crippen LogP contribution in [0.2, 0.25) is 0 Å². The summed E-state index contributed by atoms with van der Waals surface area (Å²) in [5.74, 6) is 0. The zero-order chi connectivity index (χ0) is 14.6. The molecule has 5 nitrogen and oxygen atoms in total. The van der Waals surface area contributed by atoms with Gasteiger partial charge in [0.15, 0.2) is 0 Å². The Hall–Kier alpha value is -1.63. The lowest BCUT2D eigenvalue weighted by Crippen LogP contribution is -2.06. The summed E-state index contributed by atoms with van der Waals surface area (Å²) in [6.45, 7) is 1.40. The maximum absolute atomic E-state index is 11.3. The van der Waals surface area contributed by atoms with Crippen molar-refractivity contribution in [1.29, 1.82) is 0 Å². The summed E-state index contributed by atoms with van der Waals surface area (Å²) in [5, 5.41) is 4.43. The molecule has 3 N–H and O–H groups in total. The van der Waals surface area contributed by atoms with Crippen LogP contribution >= 0.6 is 0 Å². The smallest absolute Gasteiger partial charge is 0.125 e. The number of nitrogens with one attached hydrogen (secondary N) is 1. The standard InChI is InChI=1S/C14H18N2O3S/c15-9-1-2-10-16-13-7-3-6-12-11(13)5-4-8-14(12)20(17,18)19/h3-8,16H,1-2,9-10,15H2,(H,17,18,19)/p-1. The second kappa shape index (κ2) is 6.21. The predicted octanol–water partition coefficient (Wildman–Crippen LogP) is 1.89. The van der Waals surface area contributed by atoms with Gasteiger partial charge in [-0.1, -0.05) is 24.3 Å². The fraction of sp³-hybridized carbons (Fsp3) is 0.286. The first-order chi connectivity index (χ1) is 9.54. The second-order valence-electron chi connectivity index (χ2n) is 4.53. The van der Waals surface area contributed by atoms with Crippen molar-refractivity contribution < 1.29 is 13.0 Å². The SMILES string of the molecule is NCCCCNc1cccc2c(S(=O)(=O)[O-])cccc12. The molecule has 6 heteroatoms. The molecule has 0 aliphatic rings. The number of unbranched alkanes of at least 4 members (excludes halogenated alkanes) is 1. The van der Waals surface area contributed by atoms with Crippen LogP contribution in [0.5, 0.6) is 0 Å². The first kappa shape index (κ1) is 14.8. The average molecular weight is 293 g/mol. The zero-order valence-corrected chi connectivity index (χ0v) is 11.8. The highest BCUT2D eigenvalue weighted by molar-refractivity contribution is 7.86. The lowest BCUT2D eigenvalue weighted by Gasteiger charge is -2.14. The van der Waals surface area contributed by atoms with Crippen LogP contribution in [0.3, 0.4) is 0 Å². The summed E-state index contributed by atoms with van der Waals surface area (Å²) in [4.78, 5) is -0.180. The Kier molecular flexibility index (Phi) is 4.59. The van der Waals surface area contributed by atoms with Gasteiger partial charge in [0.1, 0.15) is 10.1 Å². The van der Waals surface area contributed by atoms with E-state index < -0.39 is 10.1 Å². The van der Waals surface area contributed by atoms with E-state index in [2.05, 4.69) is 5.32 Å². The third-order valence-electron chi connectivity index (χ3n) is 3.10. The lowest BCUT2D eigenvalue weighted by atomic mass is 10.1. The summed E-state index contributed by atoms with van der Waals surface area (Å²) < 4.78 is 33.8. The molecule has 0 heterocycles. The molecular weight excluding hydrogens is 276 g/mol. The van der Waals surface area contributed by atoms with Crippen LogP contribution in [0.4, 0.5) is 5.69 Å². The third-order valence-corrected chi connectivity index (χ3v) is 3.99. The van der Waals surface area contributed by atoms with Crippen molar-refractivity contribution in [3.05, 3.63) is 36.4 Å². The highest BCUT2D eigenvalue weighted by Crippen LogP contribution is 2.28. The van der Waals surface area contributed by atoms with Gasteiger partial charge in [-0.05, 0) is 31.5 Å². The van der Waals surface area contributed by atoms with E-state index in [1.165, 1.54) is 6.07 Å². The molecule has 0 saturated carbocycles. The third kappa shape index (κ3) is 3.27. The summed E-state index contributed by atoms with van der Waals surface area (Å²) in [6, 6.07) is 9.97. The van der Waals surface area contributed by atoms with Gasteiger partial charge in [-0.15, -0.1) is 0 Å². The van der Waals surface area contributed by atoms with Crippen LogP contribution in [0.1, 0.15) is 12.8 Å². The first-order valence-electron chi connectivity index (χ1n) is 6.45. The molecule has 0 spiro atoms. The molecule has 0 saturated heterocycles. The highest BCUT2D eigenvalue weighted by Gasteiger charge is 2.09. The van der Waals surface area contributed by atoms with Gasteiger partial charge in [-0.3, -0.25) is 0 Å². The summed E-state index contributed by atoms with van der Waals surface area (Å²) in [5.41, 5.74) is 6.26. The number of rotatable bonds is 6. The number of hydrogen-bond donors (Lipinski definition) is 2. The lowest BCUT2D eigenvalue weighted by molar-refractivity contribution is 0.464. The molecule has 0 radical (unpaired) electrons. The second-order valence-corrected chi connectivity index (χ2v) is 5.88. The Morgan fingerprint density at radius 2 is 1.75 bits per heavy atom. The Morgan fingerprint density at radius 3 is 2.45 bits per heavy atom. The van der Waals surface area contributed by atoms with E-state index >= 15 is 0 Å². The molecule has 0 aromatic heterocycles. The number of hydrogen-bond acceptors (Lipinski definition) is 5. The van der Waals surface area contributed by atoms with Gasteiger partial charge in [0, 0.05) is 23.0 Å². The van der Waals surface area contributed by atoms with Crippen molar-refractivity contribution in [3.8, 4) is 0 Å². The highest BCUT2D eigenvalue weighted by atomic mass is 32.2. The van der Waals surface area contributed by atoms with Gasteiger partial charge < -0.3 is 15.6 Å². The van der Waals surface area contributed by atoms with Gasteiger partial charge in [-0.2, -0.15) is 0 Å². The van der Waals surface area contributed by atoms with E-state index in [4.69, 9.17) is 5.73 Å². The van der Waals surface area contributed by atoms with Crippen LogP contribution in [-0.4, -0.2) is 26.1 Å². The van der Waals surface area contributed by atoms with Crippen LogP contribution < -0.4 is 11.1 Å². The van der Waals surface area contributed by atoms with Crippen molar-refractivity contribution in [2.24, 2.45) is 5.73 Å². The van der Waals surface area contributed by atoms with Gasteiger partial charge in [-0.25, -0.2) is 8.42 Å². The van der Waals surface area contributed by atoms with E-state index in [1.807, 2.05) is 6.07 Å². The fourth-order valence-electron chi connectivity index (χ4n) is 2.15. The van der Waals surface area contributed by atoms with E-state index in [0.717, 1.165) is 30.5 Å². The molecular formula is C14H17N2O3S-. The minimum atomic E-state index is -4.47. The van der Waals surface area contributed by atoms with Crippen molar-refractivity contribution in [3.63, 3.8) is 0 Å². The Bertz CT molecular complexity index is 699. The number of benzene rings is 2. The van der Waals surface area contributed by atoms with E-state index in [-0.39, 0.29) is 4.90 Å². The zero-order valence-electron chi connectivity index (χ0n) is 11.0. The number of fused-ring (bicyclic) bond motifs is 1. The molecule has 20 heavy (non-hydrogen) atoms. The fourth-order valence-corrected chi connectivity index (χ4v) is 2.84. The van der Waals surface area contributed by atoms with Crippen molar-refractivity contribution >= 4 is 26.6 Å². The number of nitrogens with two attached hydrogens (primary N) is 1. The van der Waals surface area contributed by atoms with Crippen LogP contribution in [-0.2, 0) is 10.1 Å². The van der Waals surface area contributed by atoms with E-state index in [0.29, 0.717) is 11.9 Å². The topological polar surface area (TPSA) is 95.2 Å². The molecule has 0 fully saturated rings. The van der Waals surface area contributed by atoms with E-state index in [1.54, 1.807) is 24.3 Å². The minimum absolute atomic E-state index is 0.180. The van der Waals surface area contributed by atoms with E-state index in [9.17, 15) is 13.0 Å². The first-order valence-corrected chi connectivity index (χ1v) is 7.86. The van der Waals surface area contributed by atoms with Crippen LogP contribution in [0, 0.1) is 0 Å². The minimum Gasteiger partial charge on any atom is -0.744 e. The molecule has 2 aromatic carbocycles. The molecule has 0 unspecified atom stereocenters. The molecule has 2 rings (SSSR count). The van der Waals surface area contributed by atoms with Gasteiger partial charge in [0.05, 0.1) is 4.90 Å². The van der Waals surface area contributed by atoms with Gasteiger partial charge >= 0.3 is 0 Å². The van der Waals surface area contributed by atoms with Gasteiger partial charge in [0.2, 0.25) is 0 Å². The Labute approximate surface area is 118 Å². The van der Waals surface area contributed by atoms with Crippen LogP contribution in [0.15, 0.2) is 41.3 Å². The van der Waals surface area contributed by atoms with Crippen molar-refractivity contribution in [2.45, 2.75) is 17.7 Å². The summed E-state index contributed by atoms with van der Waals surface area (Å²) >= 11 is 0. The van der Waals surface area contributed by atoms with Gasteiger partial charge in [0.25, 0.3) is 0 Å². The normalized spacial score (nSPS) is 11.7. The number of anilines is 1. The molecule has 0 aliphatic heterocycles. The van der Waals surface area contributed by atoms with Crippen molar-refractivity contribution in [1.82, 2.24) is 0 Å². The molecule has 2 aromatic rings. The maximum Gasteiger partial charge on any atom is 0.125 e. The molecule has 0 aliphatic carbocycles. The largest absolute Gasteiger partial charge is 0.744 e. The monoisotopic (exact) mass is 293 g/mol. The maximum atomic E-state index is 11.3. The predicted molar refractivity (Wildman–Crippen MR) is 78.7 cm³/mol. The molecule has 0 amide bonds. The Balaban J connectivity index is 2.38. The average Bonchev–Trinajstić information content (AvgIpc) is 2.42. The van der Waals surface area contributed by atoms with Crippen molar-refractivity contribution in [2.75, 3.05) is 18.4 Å². The quantitative estimate of drug-likeness (QED) is 0.626. The molecule has 0 atom stereocenters. The molecule has 108 valence electrons. The Morgan fingerprint density at radius 1 is 1.05 bits per heavy atom. The summed E-state index contributed by atoms with van der Waals surface area (Å²) in [6.07, 6.45) is 1.87.